The first-order valence-corrected chi connectivity index (χ1v) is 6.33. The van der Waals surface area contributed by atoms with Gasteiger partial charge in [-0.05, 0) is 53.7 Å². The van der Waals surface area contributed by atoms with Crippen molar-refractivity contribution in [3.05, 3.63) is 35.4 Å². The highest BCUT2D eigenvalue weighted by molar-refractivity contribution is 6.74. The smallest absolute Gasteiger partial charge is 0.237 e. The molecule has 1 aliphatic carbocycles. The third kappa shape index (κ3) is 3.35. The lowest BCUT2D eigenvalue weighted by molar-refractivity contribution is -0.120. The maximum Gasteiger partial charge on any atom is 0.237 e. The molecular formula is C14H10Cl2O2. The standard InChI is InChI=1S/C14H10Cl2O2/c15-13(17)12(14(16)18)11-3-1-2-10(8-11)7-6-9-4-5-9/h1-3,8-9,12H,4-5H2. The van der Waals surface area contributed by atoms with Crippen LogP contribution in [0.5, 0.6) is 0 Å². The van der Waals surface area contributed by atoms with E-state index in [1.165, 1.54) is 0 Å². The molecule has 1 aromatic carbocycles. The van der Waals surface area contributed by atoms with E-state index in [0.717, 1.165) is 18.4 Å². The molecule has 18 heavy (non-hydrogen) atoms. The highest BCUT2D eigenvalue weighted by Gasteiger charge is 2.25. The lowest BCUT2D eigenvalue weighted by atomic mass is 9.99. The molecule has 4 heteroatoms. The Hall–Kier alpha value is -1.30. The summed E-state index contributed by atoms with van der Waals surface area (Å²) >= 11 is 10.8. The van der Waals surface area contributed by atoms with Crippen LogP contribution in [0.4, 0.5) is 0 Å². The van der Waals surface area contributed by atoms with Gasteiger partial charge in [-0.1, -0.05) is 24.0 Å². The van der Waals surface area contributed by atoms with Gasteiger partial charge in [-0.3, -0.25) is 9.59 Å². The van der Waals surface area contributed by atoms with Crippen molar-refractivity contribution < 1.29 is 9.59 Å². The predicted molar refractivity (Wildman–Crippen MR) is 70.5 cm³/mol. The predicted octanol–water partition coefficient (Wildman–Crippen LogP) is 3.06. The third-order valence-electron chi connectivity index (χ3n) is 2.67. The second kappa shape index (κ2) is 5.56. The first-order chi connectivity index (χ1) is 8.58. The lowest BCUT2D eigenvalue weighted by Gasteiger charge is -2.07. The monoisotopic (exact) mass is 280 g/mol. The summed E-state index contributed by atoms with van der Waals surface area (Å²) in [6.07, 6.45) is 2.30. The van der Waals surface area contributed by atoms with E-state index in [2.05, 4.69) is 11.8 Å². The second-order valence-electron chi connectivity index (χ2n) is 4.21. The van der Waals surface area contributed by atoms with Gasteiger partial charge in [0.2, 0.25) is 10.5 Å². The maximum atomic E-state index is 11.2. The molecule has 0 saturated heterocycles. The van der Waals surface area contributed by atoms with E-state index in [4.69, 9.17) is 23.2 Å². The molecule has 1 fully saturated rings. The van der Waals surface area contributed by atoms with Crippen molar-refractivity contribution in [2.45, 2.75) is 18.8 Å². The minimum Gasteiger partial charge on any atom is -0.280 e. The summed E-state index contributed by atoms with van der Waals surface area (Å²) in [5.41, 5.74) is 1.25. The molecule has 2 nitrogen and oxygen atoms in total. The number of hydrogen-bond donors (Lipinski definition) is 0. The first-order valence-electron chi connectivity index (χ1n) is 5.58. The Morgan fingerprint density at radius 1 is 1.22 bits per heavy atom. The molecule has 2 rings (SSSR count). The van der Waals surface area contributed by atoms with Crippen molar-refractivity contribution in [2.75, 3.05) is 0 Å². The minimum absolute atomic E-state index is 0.484. The fraction of sp³-hybridized carbons (Fsp3) is 0.286. The number of hydrogen-bond acceptors (Lipinski definition) is 2. The van der Waals surface area contributed by atoms with E-state index >= 15 is 0 Å². The number of carbonyl (C=O) groups excluding carboxylic acids is 2. The van der Waals surface area contributed by atoms with Crippen LogP contribution in [0, 0.1) is 17.8 Å². The summed E-state index contributed by atoms with van der Waals surface area (Å²) in [6.45, 7) is 0. The van der Waals surface area contributed by atoms with Crippen LogP contribution in [-0.4, -0.2) is 10.5 Å². The van der Waals surface area contributed by atoms with Crippen LogP contribution in [0.2, 0.25) is 0 Å². The maximum absolute atomic E-state index is 11.2. The van der Waals surface area contributed by atoms with Crippen LogP contribution < -0.4 is 0 Å². The van der Waals surface area contributed by atoms with Crippen LogP contribution >= 0.6 is 23.2 Å². The Balaban J connectivity index is 2.28. The van der Waals surface area contributed by atoms with E-state index in [-0.39, 0.29) is 0 Å². The van der Waals surface area contributed by atoms with Gasteiger partial charge >= 0.3 is 0 Å². The van der Waals surface area contributed by atoms with E-state index in [0.29, 0.717) is 11.5 Å². The molecule has 0 aliphatic heterocycles. The van der Waals surface area contributed by atoms with Crippen molar-refractivity contribution in [1.29, 1.82) is 0 Å². The van der Waals surface area contributed by atoms with Gasteiger partial charge < -0.3 is 0 Å². The molecule has 0 bridgehead atoms. The van der Waals surface area contributed by atoms with Gasteiger partial charge in [-0.2, -0.15) is 0 Å². The molecule has 1 aromatic rings. The van der Waals surface area contributed by atoms with Crippen molar-refractivity contribution in [3.8, 4) is 11.8 Å². The number of halogens is 2. The average molecular weight is 281 g/mol. The SMILES string of the molecule is O=C(Cl)C(C(=O)Cl)c1cccc(C#CC2CC2)c1. The molecule has 1 saturated carbocycles. The highest BCUT2D eigenvalue weighted by Crippen LogP contribution is 2.28. The van der Waals surface area contributed by atoms with Gasteiger partial charge in [0.15, 0.2) is 0 Å². The molecule has 0 heterocycles. The van der Waals surface area contributed by atoms with E-state index in [9.17, 15) is 9.59 Å². The van der Waals surface area contributed by atoms with Crippen molar-refractivity contribution in [1.82, 2.24) is 0 Å². The molecule has 0 aromatic heterocycles. The average Bonchev–Trinajstić information content (AvgIpc) is 3.09. The molecular weight excluding hydrogens is 271 g/mol. The zero-order valence-electron chi connectivity index (χ0n) is 9.45. The van der Waals surface area contributed by atoms with Gasteiger partial charge in [0.1, 0.15) is 5.92 Å². The van der Waals surface area contributed by atoms with Crippen molar-refractivity contribution in [2.24, 2.45) is 5.92 Å². The Morgan fingerprint density at radius 3 is 2.44 bits per heavy atom. The molecule has 92 valence electrons. The number of rotatable bonds is 3. The van der Waals surface area contributed by atoms with Crippen LogP contribution in [-0.2, 0) is 9.59 Å². The summed E-state index contributed by atoms with van der Waals surface area (Å²) in [7, 11) is 0. The van der Waals surface area contributed by atoms with Crippen molar-refractivity contribution in [3.63, 3.8) is 0 Å². The quantitative estimate of drug-likeness (QED) is 0.485. The van der Waals surface area contributed by atoms with Crippen LogP contribution in [0.25, 0.3) is 0 Å². The van der Waals surface area contributed by atoms with E-state index in [1.807, 2.05) is 6.07 Å². The van der Waals surface area contributed by atoms with Gasteiger partial charge in [-0.25, -0.2) is 0 Å². The molecule has 1 aliphatic rings. The Labute approximate surface area is 115 Å². The van der Waals surface area contributed by atoms with Crippen LogP contribution in [0.3, 0.4) is 0 Å². The fourth-order valence-corrected chi connectivity index (χ4v) is 2.07. The van der Waals surface area contributed by atoms with Crippen molar-refractivity contribution >= 4 is 33.7 Å². The zero-order valence-corrected chi connectivity index (χ0v) is 11.0. The number of benzene rings is 1. The molecule has 0 spiro atoms. The summed E-state index contributed by atoms with van der Waals surface area (Å²) < 4.78 is 0. The van der Waals surface area contributed by atoms with Crippen LogP contribution in [0.1, 0.15) is 29.9 Å². The zero-order chi connectivity index (χ0) is 13.1. The third-order valence-corrected chi connectivity index (χ3v) is 3.11. The molecule has 0 atom stereocenters. The Kier molecular flexibility index (Phi) is 4.06. The normalized spacial score (nSPS) is 13.9. The highest BCUT2D eigenvalue weighted by atomic mass is 35.5. The summed E-state index contributed by atoms with van der Waals surface area (Å²) in [6, 6.07) is 6.89. The lowest BCUT2D eigenvalue weighted by Crippen LogP contribution is -2.13. The van der Waals surface area contributed by atoms with Gasteiger partial charge in [0.05, 0.1) is 0 Å². The van der Waals surface area contributed by atoms with E-state index < -0.39 is 16.4 Å². The largest absolute Gasteiger partial charge is 0.280 e. The summed E-state index contributed by atoms with van der Waals surface area (Å²) in [5, 5.41) is -1.55. The summed E-state index contributed by atoms with van der Waals surface area (Å²) in [5.74, 6) is 5.51. The van der Waals surface area contributed by atoms with Gasteiger partial charge in [0, 0.05) is 11.5 Å². The molecule has 0 amide bonds. The van der Waals surface area contributed by atoms with E-state index in [1.54, 1.807) is 18.2 Å². The number of carbonyl (C=O) groups is 2. The summed E-state index contributed by atoms with van der Waals surface area (Å²) in [4.78, 5) is 22.4. The fourth-order valence-electron chi connectivity index (χ4n) is 1.56. The topological polar surface area (TPSA) is 34.1 Å². The Morgan fingerprint density at radius 2 is 1.89 bits per heavy atom. The molecule has 0 unspecified atom stereocenters. The van der Waals surface area contributed by atoms with Crippen LogP contribution in [0.15, 0.2) is 24.3 Å². The Bertz CT molecular complexity index is 536. The van der Waals surface area contributed by atoms with Gasteiger partial charge in [0.25, 0.3) is 0 Å². The molecule has 0 N–H and O–H groups in total. The second-order valence-corrected chi connectivity index (χ2v) is 4.96. The molecule has 0 radical (unpaired) electrons. The first kappa shape index (κ1) is 13.1. The minimum atomic E-state index is -1.11. The van der Waals surface area contributed by atoms with Gasteiger partial charge in [-0.15, -0.1) is 0 Å².